The molecule has 2 atom stereocenters. The standard InChI is InChI=1S/C30H46N2O10/c1-19(2)27(33)37-15-25(16-38-28(34)20(3)4)41-31-13-23-10-9-11-24(12-23)14-32-42-26(17-39-29(35)21(5)6)18-40-30(36)22(7)8/h23-26,31-32H,1,3,5,7,9-18H2,2,4,6,8H3. The van der Waals surface area contributed by atoms with Crippen LogP contribution in [0.5, 0.6) is 0 Å². The van der Waals surface area contributed by atoms with Gasteiger partial charge in [0.2, 0.25) is 0 Å². The smallest absolute Gasteiger partial charge is 0.333 e. The molecule has 0 aromatic heterocycles. The minimum atomic E-state index is -0.721. The quantitative estimate of drug-likeness (QED) is 0.0924. The van der Waals surface area contributed by atoms with E-state index in [2.05, 4.69) is 37.3 Å². The van der Waals surface area contributed by atoms with E-state index in [1.807, 2.05) is 0 Å². The van der Waals surface area contributed by atoms with Gasteiger partial charge in [-0.2, -0.15) is 0 Å². The van der Waals surface area contributed by atoms with Gasteiger partial charge in [-0.1, -0.05) is 32.7 Å². The number of hydrogen-bond donors (Lipinski definition) is 2. The van der Waals surface area contributed by atoms with Crippen LogP contribution < -0.4 is 11.0 Å². The summed E-state index contributed by atoms with van der Waals surface area (Å²) in [6, 6.07) is 0. The summed E-state index contributed by atoms with van der Waals surface area (Å²) in [4.78, 5) is 58.5. The van der Waals surface area contributed by atoms with Gasteiger partial charge in [0.1, 0.15) is 38.6 Å². The predicted molar refractivity (Wildman–Crippen MR) is 154 cm³/mol. The van der Waals surface area contributed by atoms with E-state index in [9.17, 15) is 19.2 Å². The number of esters is 4. The molecule has 0 heterocycles. The molecule has 0 saturated heterocycles. The van der Waals surface area contributed by atoms with Crippen LogP contribution in [-0.2, 0) is 47.8 Å². The third kappa shape index (κ3) is 15.6. The van der Waals surface area contributed by atoms with Gasteiger partial charge in [0.05, 0.1) is 0 Å². The zero-order valence-electron chi connectivity index (χ0n) is 25.3. The lowest BCUT2D eigenvalue weighted by Gasteiger charge is -2.30. The van der Waals surface area contributed by atoms with E-state index in [0.717, 1.165) is 25.7 Å². The molecule has 1 aliphatic carbocycles. The molecule has 236 valence electrons. The van der Waals surface area contributed by atoms with Gasteiger partial charge < -0.3 is 18.9 Å². The number of nitrogens with one attached hydrogen (secondary N) is 2. The van der Waals surface area contributed by atoms with E-state index in [1.54, 1.807) is 0 Å². The van der Waals surface area contributed by atoms with E-state index in [-0.39, 0.29) is 48.7 Å². The highest BCUT2D eigenvalue weighted by Crippen LogP contribution is 2.28. The summed E-state index contributed by atoms with van der Waals surface area (Å²) >= 11 is 0. The Morgan fingerprint density at radius 3 is 1.14 bits per heavy atom. The molecule has 0 bridgehead atoms. The zero-order valence-corrected chi connectivity index (χ0v) is 25.3. The predicted octanol–water partition coefficient (Wildman–Crippen LogP) is 3.05. The number of rotatable bonds is 20. The van der Waals surface area contributed by atoms with Gasteiger partial charge in [0, 0.05) is 35.4 Å². The summed E-state index contributed by atoms with van der Waals surface area (Å²) in [6.45, 7) is 20.9. The van der Waals surface area contributed by atoms with E-state index in [0.29, 0.717) is 24.9 Å². The maximum Gasteiger partial charge on any atom is 0.333 e. The van der Waals surface area contributed by atoms with Crippen LogP contribution in [0, 0.1) is 11.8 Å². The number of hydrogen-bond acceptors (Lipinski definition) is 12. The van der Waals surface area contributed by atoms with Crippen molar-refractivity contribution in [1.82, 2.24) is 11.0 Å². The van der Waals surface area contributed by atoms with Gasteiger partial charge in [-0.05, 0) is 58.8 Å². The minimum Gasteiger partial charge on any atom is -0.459 e. The second-order valence-corrected chi connectivity index (χ2v) is 10.6. The average molecular weight is 595 g/mol. The van der Waals surface area contributed by atoms with Gasteiger partial charge in [0.25, 0.3) is 0 Å². The molecule has 1 fully saturated rings. The lowest BCUT2D eigenvalue weighted by atomic mass is 9.81. The van der Waals surface area contributed by atoms with Crippen LogP contribution in [0.15, 0.2) is 48.6 Å². The van der Waals surface area contributed by atoms with Gasteiger partial charge in [0.15, 0.2) is 0 Å². The van der Waals surface area contributed by atoms with Crippen molar-refractivity contribution in [3.05, 3.63) is 48.6 Å². The van der Waals surface area contributed by atoms with Gasteiger partial charge >= 0.3 is 23.9 Å². The van der Waals surface area contributed by atoms with Crippen LogP contribution in [0.2, 0.25) is 0 Å². The summed E-state index contributed by atoms with van der Waals surface area (Å²) in [5.41, 5.74) is 6.87. The Balaban J connectivity index is 2.55. The van der Waals surface area contributed by atoms with Crippen molar-refractivity contribution < 1.29 is 47.8 Å². The van der Waals surface area contributed by atoms with Gasteiger partial charge in [-0.25, -0.2) is 30.1 Å². The fourth-order valence-corrected chi connectivity index (χ4v) is 3.74. The van der Waals surface area contributed by atoms with Crippen molar-refractivity contribution in [3.63, 3.8) is 0 Å². The molecule has 2 N–H and O–H groups in total. The minimum absolute atomic E-state index is 0.124. The van der Waals surface area contributed by atoms with Gasteiger partial charge in [-0.3, -0.25) is 9.68 Å². The van der Waals surface area contributed by atoms with E-state index >= 15 is 0 Å². The number of ether oxygens (including phenoxy) is 4. The molecule has 2 unspecified atom stereocenters. The Kier molecular flexibility index (Phi) is 17.2. The molecule has 42 heavy (non-hydrogen) atoms. The Morgan fingerprint density at radius 1 is 0.595 bits per heavy atom. The average Bonchev–Trinajstić information content (AvgIpc) is 2.94. The highest BCUT2D eigenvalue weighted by molar-refractivity contribution is 5.88. The SMILES string of the molecule is C=C(C)C(=O)OCC(COC(=O)C(=C)C)ONCC1CCCC(CNOC(COC(=O)C(=C)C)COC(=O)C(=C)C)C1. The molecule has 1 aliphatic rings. The van der Waals surface area contributed by atoms with Crippen LogP contribution in [0.3, 0.4) is 0 Å². The molecule has 1 saturated carbocycles. The Hall–Kier alpha value is -3.32. The van der Waals surface area contributed by atoms with E-state index in [4.69, 9.17) is 28.6 Å². The summed E-state index contributed by atoms with van der Waals surface area (Å²) in [7, 11) is 0. The van der Waals surface area contributed by atoms with Crippen LogP contribution in [0.4, 0.5) is 0 Å². The van der Waals surface area contributed by atoms with E-state index in [1.165, 1.54) is 27.7 Å². The highest BCUT2D eigenvalue weighted by atomic mass is 16.7. The lowest BCUT2D eigenvalue weighted by Crippen LogP contribution is -2.38. The van der Waals surface area contributed by atoms with Crippen LogP contribution in [-0.4, -0.2) is 75.6 Å². The molecule has 12 nitrogen and oxygen atoms in total. The van der Waals surface area contributed by atoms with Crippen molar-refractivity contribution >= 4 is 23.9 Å². The first kappa shape index (κ1) is 36.7. The molecule has 12 heteroatoms. The first-order valence-electron chi connectivity index (χ1n) is 13.9. The fraction of sp³-hybridized carbons (Fsp3) is 0.600. The van der Waals surface area contributed by atoms with Crippen molar-refractivity contribution in [1.29, 1.82) is 0 Å². The topological polar surface area (TPSA) is 148 Å². The first-order chi connectivity index (χ1) is 19.8. The largest absolute Gasteiger partial charge is 0.459 e. The Bertz CT molecular complexity index is 857. The molecule has 0 aliphatic heterocycles. The zero-order chi connectivity index (χ0) is 31.7. The lowest BCUT2D eigenvalue weighted by molar-refractivity contribution is -0.156. The molecular formula is C30H46N2O10. The Labute approximate surface area is 248 Å². The third-order valence-electron chi connectivity index (χ3n) is 6.13. The van der Waals surface area contributed by atoms with Gasteiger partial charge in [-0.15, -0.1) is 0 Å². The summed E-state index contributed by atoms with van der Waals surface area (Å²) in [6.07, 6.45) is 2.42. The number of hydroxylamine groups is 2. The van der Waals surface area contributed by atoms with E-state index < -0.39 is 36.1 Å². The second-order valence-electron chi connectivity index (χ2n) is 10.6. The van der Waals surface area contributed by atoms with Crippen molar-refractivity contribution in [2.24, 2.45) is 11.8 Å². The number of carbonyl (C=O) groups is 4. The second kappa shape index (κ2) is 19.7. The molecule has 0 radical (unpaired) electrons. The molecule has 0 aromatic carbocycles. The molecular weight excluding hydrogens is 548 g/mol. The van der Waals surface area contributed by atoms with Crippen LogP contribution in [0.1, 0.15) is 53.4 Å². The third-order valence-corrected chi connectivity index (χ3v) is 6.13. The van der Waals surface area contributed by atoms with Crippen molar-refractivity contribution in [2.45, 2.75) is 65.6 Å². The van der Waals surface area contributed by atoms with Crippen LogP contribution in [0.25, 0.3) is 0 Å². The van der Waals surface area contributed by atoms with Crippen molar-refractivity contribution in [2.75, 3.05) is 39.5 Å². The normalized spacial score (nSPS) is 16.4. The molecule has 0 aromatic rings. The summed E-state index contributed by atoms with van der Waals surface area (Å²) in [5.74, 6) is -1.67. The Morgan fingerprint density at radius 2 is 0.881 bits per heavy atom. The van der Waals surface area contributed by atoms with Crippen LogP contribution >= 0.6 is 0 Å². The van der Waals surface area contributed by atoms with Crippen molar-refractivity contribution in [3.8, 4) is 0 Å². The number of carbonyl (C=O) groups excluding carboxylic acids is 4. The first-order valence-corrected chi connectivity index (χ1v) is 13.9. The summed E-state index contributed by atoms with van der Waals surface area (Å²) in [5, 5.41) is 0. The fourth-order valence-electron chi connectivity index (χ4n) is 3.74. The monoisotopic (exact) mass is 594 g/mol. The molecule has 0 spiro atoms. The molecule has 1 rings (SSSR count). The highest BCUT2D eigenvalue weighted by Gasteiger charge is 2.24. The molecule has 0 amide bonds. The maximum atomic E-state index is 11.8. The maximum absolute atomic E-state index is 11.8. The summed E-state index contributed by atoms with van der Waals surface area (Å²) < 4.78 is 20.6.